The van der Waals surface area contributed by atoms with Gasteiger partial charge in [0, 0.05) is 43.0 Å². The lowest BCUT2D eigenvalue weighted by atomic mass is 10.1. The Labute approximate surface area is 141 Å². The Morgan fingerprint density at radius 3 is 2.33 bits per heavy atom. The van der Waals surface area contributed by atoms with Crippen LogP contribution in [-0.2, 0) is 10.0 Å². The van der Waals surface area contributed by atoms with Crippen LogP contribution in [0.4, 0.5) is 5.95 Å². The van der Waals surface area contributed by atoms with E-state index in [0.29, 0.717) is 17.5 Å². The molecule has 0 saturated heterocycles. The number of hydrogen-bond acceptors (Lipinski definition) is 6. The van der Waals surface area contributed by atoms with Crippen LogP contribution in [0.5, 0.6) is 0 Å². The molecule has 1 atom stereocenters. The van der Waals surface area contributed by atoms with Crippen LogP contribution in [0.2, 0.25) is 0 Å². The van der Waals surface area contributed by atoms with Gasteiger partial charge in [-0.3, -0.25) is 9.78 Å². The van der Waals surface area contributed by atoms with Crippen LogP contribution in [0.3, 0.4) is 0 Å². The zero-order chi connectivity index (χ0) is 17.7. The first kappa shape index (κ1) is 17.8. The smallest absolute Gasteiger partial charge is 0.251 e. The Hall–Kier alpha value is -2.55. The largest absolute Gasteiger partial charge is 0.345 e. The average Bonchev–Trinajstić information content (AvgIpc) is 2.59. The number of anilines is 1. The quantitative estimate of drug-likeness (QED) is 0.839. The Bertz CT molecular complexity index is 794. The minimum Gasteiger partial charge on any atom is -0.345 e. The number of rotatable bonds is 6. The number of carbonyl (C=O) groups is 1. The number of pyridine rings is 1. The molecule has 2 rings (SSSR count). The van der Waals surface area contributed by atoms with E-state index in [0.717, 1.165) is 10.6 Å². The van der Waals surface area contributed by atoms with E-state index >= 15 is 0 Å². The summed E-state index contributed by atoms with van der Waals surface area (Å²) in [7, 11) is -2.04. The second kappa shape index (κ2) is 7.35. The summed E-state index contributed by atoms with van der Waals surface area (Å²) < 4.78 is 24.0. The number of sulfonamides is 1. The number of hydrogen-bond donors (Lipinski definition) is 1. The van der Waals surface area contributed by atoms with Crippen molar-refractivity contribution >= 4 is 21.9 Å². The van der Waals surface area contributed by atoms with E-state index in [9.17, 15) is 13.2 Å². The predicted octanol–water partition coefficient (Wildman–Crippen LogP) is 1.15. The van der Waals surface area contributed by atoms with Crippen molar-refractivity contribution in [2.45, 2.75) is 19.4 Å². The third kappa shape index (κ3) is 4.25. The molecule has 0 bridgehead atoms. The molecule has 0 fully saturated rings. The minimum atomic E-state index is -3.42. The lowest BCUT2D eigenvalue weighted by molar-refractivity contribution is 0.0935. The molecule has 2 aromatic heterocycles. The highest BCUT2D eigenvalue weighted by atomic mass is 32.2. The molecule has 0 aliphatic heterocycles. The first-order valence-corrected chi connectivity index (χ1v) is 9.14. The van der Waals surface area contributed by atoms with Gasteiger partial charge in [-0.2, -0.15) is 0 Å². The fraction of sp³-hybridized carbons (Fsp3) is 0.333. The highest BCUT2D eigenvalue weighted by Gasteiger charge is 2.18. The van der Waals surface area contributed by atoms with E-state index in [1.165, 1.54) is 19.4 Å². The highest BCUT2D eigenvalue weighted by molar-refractivity contribution is 7.92. The molecule has 1 unspecified atom stereocenters. The fourth-order valence-electron chi connectivity index (χ4n) is 1.99. The minimum absolute atomic E-state index is 0.0802. The third-order valence-electron chi connectivity index (χ3n) is 3.50. The first-order valence-electron chi connectivity index (χ1n) is 7.29. The van der Waals surface area contributed by atoms with Gasteiger partial charge in [0.05, 0.1) is 12.3 Å². The van der Waals surface area contributed by atoms with Crippen molar-refractivity contribution in [3.05, 3.63) is 48.0 Å². The number of carbonyl (C=O) groups excluding carboxylic acids is 1. The van der Waals surface area contributed by atoms with Gasteiger partial charge in [-0.1, -0.05) is 6.92 Å². The van der Waals surface area contributed by atoms with E-state index in [1.54, 1.807) is 24.5 Å². The van der Waals surface area contributed by atoms with Gasteiger partial charge in [-0.05, 0) is 18.6 Å². The fourth-order valence-corrected chi connectivity index (χ4v) is 2.38. The SMILES string of the molecule is CCC(NC(=O)c1ccncc1)c1cnc(N(C)S(C)(=O)=O)nc1. The monoisotopic (exact) mass is 349 g/mol. The topological polar surface area (TPSA) is 105 Å². The molecule has 0 radical (unpaired) electrons. The third-order valence-corrected chi connectivity index (χ3v) is 4.65. The molecule has 0 aliphatic carbocycles. The predicted molar refractivity (Wildman–Crippen MR) is 90.0 cm³/mol. The number of aromatic nitrogens is 3. The second-order valence-electron chi connectivity index (χ2n) is 5.22. The Morgan fingerprint density at radius 2 is 1.83 bits per heavy atom. The van der Waals surface area contributed by atoms with Crippen molar-refractivity contribution < 1.29 is 13.2 Å². The van der Waals surface area contributed by atoms with Crippen LogP contribution in [0.15, 0.2) is 36.9 Å². The van der Waals surface area contributed by atoms with Crippen molar-refractivity contribution in [3.8, 4) is 0 Å². The van der Waals surface area contributed by atoms with Crippen LogP contribution in [0, 0.1) is 0 Å². The molecule has 8 nitrogen and oxygen atoms in total. The van der Waals surface area contributed by atoms with Crippen LogP contribution in [0.25, 0.3) is 0 Å². The standard InChI is InChI=1S/C15H19N5O3S/c1-4-13(19-14(21)11-5-7-16-8-6-11)12-9-17-15(18-10-12)20(2)24(3,22)23/h5-10,13H,4H2,1-3H3,(H,19,21). The molecule has 1 amide bonds. The van der Waals surface area contributed by atoms with Gasteiger partial charge in [-0.15, -0.1) is 0 Å². The van der Waals surface area contributed by atoms with Crippen LogP contribution in [0.1, 0.15) is 35.3 Å². The van der Waals surface area contributed by atoms with Crippen molar-refractivity contribution in [2.24, 2.45) is 0 Å². The summed E-state index contributed by atoms with van der Waals surface area (Å²) in [5.74, 6) is -0.141. The zero-order valence-corrected chi connectivity index (χ0v) is 14.5. The van der Waals surface area contributed by atoms with Crippen molar-refractivity contribution in [1.29, 1.82) is 0 Å². The van der Waals surface area contributed by atoms with Crippen molar-refractivity contribution in [3.63, 3.8) is 0 Å². The maximum Gasteiger partial charge on any atom is 0.251 e. The van der Waals surface area contributed by atoms with Gasteiger partial charge >= 0.3 is 0 Å². The van der Waals surface area contributed by atoms with Crippen LogP contribution < -0.4 is 9.62 Å². The summed E-state index contributed by atoms with van der Waals surface area (Å²) in [5, 5.41) is 2.90. The molecule has 0 aliphatic rings. The van der Waals surface area contributed by atoms with E-state index in [-0.39, 0.29) is 17.9 Å². The summed E-state index contributed by atoms with van der Waals surface area (Å²) in [6.45, 7) is 1.92. The van der Waals surface area contributed by atoms with Gasteiger partial charge < -0.3 is 5.32 Å². The van der Waals surface area contributed by atoms with E-state index in [2.05, 4.69) is 20.3 Å². The molecular formula is C15H19N5O3S. The molecule has 9 heteroatoms. The van der Waals surface area contributed by atoms with Gasteiger partial charge in [0.15, 0.2) is 0 Å². The van der Waals surface area contributed by atoms with Gasteiger partial charge in [-0.25, -0.2) is 22.7 Å². The number of nitrogens with one attached hydrogen (secondary N) is 1. The molecule has 0 spiro atoms. The van der Waals surface area contributed by atoms with Gasteiger partial charge in [0.25, 0.3) is 5.91 Å². The summed E-state index contributed by atoms with van der Waals surface area (Å²) >= 11 is 0. The van der Waals surface area contributed by atoms with Crippen LogP contribution in [-0.4, -0.2) is 42.6 Å². The van der Waals surface area contributed by atoms with Crippen molar-refractivity contribution in [2.75, 3.05) is 17.6 Å². The molecule has 128 valence electrons. The molecule has 2 heterocycles. The lowest BCUT2D eigenvalue weighted by Gasteiger charge is -2.18. The summed E-state index contributed by atoms with van der Waals surface area (Å²) in [5.41, 5.74) is 1.21. The number of nitrogens with zero attached hydrogens (tertiary/aromatic N) is 4. The maximum absolute atomic E-state index is 12.2. The lowest BCUT2D eigenvalue weighted by Crippen LogP contribution is -2.29. The zero-order valence-electron chi connectivity index (χ0n) is 13.7. The number of amides is 1. The van der Waals surface area contributed by atoms with E-state index in [1.807, 2.05) is 6.92 Å². The average molecular weight is 349 g/mol. The maximum atomic E-state index is 12.2. The highest BCUT2D eigenvalue weighted by Crippen LogP contribution is 2.17. The van der Waals surface area contributed by atoms with E-state index < -0.39 is 10.0 Å². The first-order chi connectivity index (χ1) is 11.3. The van der Waals surface area contributed by atoms with Crippen molar-refractivity contribution in [1.82, 2.24) is 20.3 Å². The van der Waals surface area contributed by atoms with Crippen LogP contribution >= 0.6 is 0 Å². The molecule has 0 saturated carbocycles. The Balaban J connectivity index is 2.15. The summed E-state index contributed by atoms with van der Waals surface area (Å²) in [6.07, 6.45) is 7.86. The van der Waals surface area contributed by atoms with Gasteiger partial charge in [0.2, 0.25) is 16.0 Å². The molecule has 24 heavy (non-hydrogen) atoms. The molecular weight excluding hydrogens is 330 g/mol. The molecule has 2 aromatic rings. The van der Waals surface area contributed by atoms with Gasteiger partial charge in [0.1, 0.15) is 0 Å². The summed E-state index contributed by atoms with van der Waals surface area (Å²) in [6, 6.07) is 2.98. The molecule has 1 N–H and O–H groups in total. The van der Waals surface area contributed by atoms with E-state index in [4.69, 9.17) is 0 Å². The summed E-state index contributed by atoms with van der Waals surface area (Å²) in [4.78, 5) is 24.2. The Morgan fingerprint density at radius 1 is 1.25 bits per heavy atom. The molecule has 0 aromatic carbocycles. The normalized spacial score (nSPS) is 12.5. The second-order valence-corrected chi connectivity index (χ2v) is 7.23. The Kier molecular flexibility index (Phi) is 5.45.